The van der Waals surface area contributed by atoms with E-state index in [4.69, 9.17) is 0 Å². The van der Waals surface area contributed by atoms with Gasteiger partial charge in [-0.1, -0.05) is 6.92 Å². The lowest BCUT2D eigenvalue weighted by molar-refractivity contribution is -0.118. The summed E-state index contributed by atoms with van der Waals surface area (Å²) in [4.78, 5) is 10.7. The minimum atomic E-state index is -5.35. The first-order chi connectivity index (χ1) is 5.64. The maximum absolute atomic E-state index is 11.8. The summed E-state index contributed by atoms with van der Waals surface area (Å²) in [6, 6.07) is 0. The van der Waals surface area contributed by atoms with E-state index in [0.29, 0.717) is 0 Å². The Balaban J connectivity index is 4.99. The normalized spacial score (nSPS) is 15.5. The van der Waals surface area contributed by atoms with Crippen molar-refractivity contribution >= 4 is 15.6 Å². The summed E-state index contributed by atoms with van der Waals surface area (Å²) < 4.78 is 56.7. The van der Waals surface area contributed by atoms with Gasteiger partial charge in [0.05, 0.1) is 0 Å². The van der Waals surface area contributed by atoms with Gasteiger partial charge in [-0.3, -0.25) is 4.79 Å². The van der Waals surface area contributed by atoms with Crippen molar-refractivity contribution in [2.45, 2.75) is 31.0 Å². The molecule has 78 valence electrons. The molecule has 0 amide bonds. The molecule has 0 rings (SSSR count). The molecule has 13 heavy (non-hydrogen) atoms. The van der Waals surface area contributed by atoms with Gasteiger partial charge in [0.1, 0.15) is 5.25 Å². The molecule has 1 atom stereocenters. The minimum Gasteiger partial charge on any atom is -0.298 e. The number of hydrogen-bond acceptors (Lipinski definition) is 3. The standard InChI is InChI=1S/C6H9F3O3S/c1-3-5(10)4(2)13(11,12)6(7,8)9/h4H,3H2,1-2H3. The smallest absolute Gasteiger partial charge is 0.298 e. The fourth-order valence-electron chi connectivity index (χ4n) is 0.661. The maximum Gasteiger partial charge on any atom is 0.498 e. The topological polar surface area (TPSA) is 51.2 Å². The molecule has 3 nitrogen and oxygen atoms in total. The number of Topliss-reactive ketones (excluding diaryl/α,β-unsaturated/α-hetero) is 1. The number of alkyl halides is 3. The third kappa shape index (κ3) is 2.43. The summed E-state index contributed by atoms with van der Waals surface area (Å²) >= 11 is 0. The fraction of sp³-hybridized carbons (Fsp3) is 0.833. The molecule has 0 spiro atoms. The molecule has 7 heteroatoms. The van der Waals surface area contributed by atoms with Gasteiger partial charge in [0.25, 0.3) is 9.84 Å². The van der Waals surface area contributed by atoms with Gasteiger partial charge in [-0.25, -0.2) is 8.42 Å². The molecule has 0 radical (unpaired) electrons. The molecule has 0 saturated carbocycles. The average Bonchev–Trinajstić information content (AvgIpc) is 1.99. The number of halogens is 3. The third-order valence-corrected chi connectivity index (χ3v) is 3.43. The van der Waals surface area contributed by atoms with Gasteiger partial charge in [0.2, 0.25) is 0 Å². The molecular formula is C6H9F3O3S. The number of carbonyl (C=O) groups is 1. The van der Waals surface area contributed by atoms with E-state index in [1.807, 2.05) is 0 Å². The Morgan fingerprint density at radius 2 is 1.77 bits per heavy atom. The summed E-state index contributed by atoms with van der Waals surface area (Å²) in [5.41, 5.74) is -5.35. The van der Waals surface area contributed by atoms with E-state index < -0.39 is 26.4 Å². The van der Waals surface area contributed by atoms with Crippen LogP contribution in [0, 0.1) is 0 Å². The summed E-state index contributed by atoms with van der Waals surface area (Å²) in [6.07, 6.45) is -0.226. The van der Waals surface area contributed by atoms with Crippen molar-refractivity contribution in [2.24, 2.45) is 0 Å². The molecule has 0 bridgehead atoms. The van der Waals surface area contributed by atoms with Gasteiger partial charge in [-0.05, 0) is 6.92 Å². The summed E-state index contributed by atoms with van der Waals surface area (Å²) in [5.74, 6) is -0.933. The second-order valence-electron chi connectivity index (χ2n) is 2.45. The van der Waals surface area contributed by atoms with Crippen molar-refractivity contribution in [3.8, 4) is 0 Å². The van der Waals surface area contributed by atoms with Crippen molar-refractivity contribution < 1.29 is 26.4 Å². The number of ketones is 1. The molecule has 1 unspecified atom stereocenters. The first-order valence-corrected chi connectivity index (χ1v) is 5.02. The quantitative estimate of drug-likeness (QED) is 0.717. The highest BCUT2D eigenvalue weighted by Crippen LogP contribution is 2.27. The van der Waals surface area contributed by atoms with Crippen LogP contribution >= 0.6 is 0 Å². The highest BCUT2D eigenvalue weighted by atomic mass is 32.2. The molecule has 0 aliphatic heterocycles. The lowest BCUT2D eigenvalue weighted by Crippen LogP contribution is -2.37. The van der Waals surface area contributed by atoms with E-state index >= 15 is 0 Å². The fourth-order valence-corrected chi connectivity index (χ4v) is 1.57. The second-order valence-corrected chi connectivity index (χ2v) is 4.71. The Hall–Kier alpha value is -0.590. The van der Waals surface area contributed by atoms with Crippen LogP contribution in [0.4, 0.5) is 13.2 Å². The third-order valence-electron chi connectivity index (χ3n) is 1.59. The zero-order chi connectivity index (χ0) is 10.9. The van der Waals surface area contributed by atoms with Crippen LogP contribution in [-0.2, 0) is 14.6 Å². The molecule has 0 aromatic rings. The first-order valence-electron chi connectivity index (χ1n) is 3.47. The van der Waals surface area contributed by atoms with E-state index in [0.717, 1.165) is 6.92 Å². The first kappa shape index (κ1) is 12.4. The van der Waals surface area contributed by atoms with Crippen LogP contribution in [0.1, 0.15) is 20.3 Å². The molecular weight excluding hydrogens is 209 g/mol. The molecule has 0 heterocycles. The summed E-state index contributed by atoms with van der Waals surface area (Å²) in [5, 5.41) is -2.00. The lowest BCUT2D eigenvalue weighted by Gasteiger charge is -2.12. The van der Waals surface area contributed by atoms with Gasteiger partial charge < -0.3 is 0 Å². The van der Waals surface area contributed by atoms with Crippen LogP contribution in [-0.4, -0.2) is 25.0 Å². The van der Waals surface area contributed by atoms with Crippen LogP contribution < -0.4 is 0 Å². The van der Waals surface area contributed by atoms with E-state index in [9.17, 15) is 26.4 Å². The lowest BCUT2D eigenvalue weighted by atomic mass is 10.2. The molecule has 0 fully saturated rings. The molecule has 0 aromatic heterocycles. The van der Waals surface area contributed by atoms with Gasteiger partial charge in [0, 0.05) is 6.42 Å². The van der Waals surface area contributed by atoms with E-state index in [-0.39, 0.29) is 6.42 Å². The van der Waals surface area contributed by atoms with Crippen molar-refractivity contribution in [2.75, 3.05) is 0 Å². The van der Waals surface area contributed by atoms with Crippen LogP contribution in [0.25, 0.3) is 0 Å². The monoisotopic (exact) mass is 218 g/mol. The van der Waals surface area contributed by atoms with Crippen molar-refractivity contribution in [3.63, 3.8) is 0 Å². The molecule has 0 saturated heterocycles. The van der Waals surface area contributed by atoms with Crippen LogP contribution in [0.5, 0.6) is 0 Å². The van der Waals surface area contributed by atoms with Gasteiger partial charge in [0.15, 0.2) is 5.78 Å². The van der Waals surface area contributed by atoms with Crippen molar-refractivity contribution in [1.82, 2.24) is 0 Å². The largest absolute Gasteiger partial charge is 0.498 e. The van der Waals surface area contributed by atoms with Crippen LogP contribution in [0.15, 0.2) is 0 Å². The van der Waals surface area contributed by atoms with Gasteiger partial charge >= 0.3 is 5.51 Å². The van der Waals surface area contributed by atoms with Crippen molar-refractivity contribution in [1.29, 1.82) is 0 Å². The predicted octanol–water partition coefficient (Wildman–Crippen LogP) is 1.29. The number of rotatable bonds is 3. The van der Waals surface area contributed by atoms with Crippen molar-refractivity contribution in [3.05, 3.63) is 0 Å². The number of sulfone groups is 1. The van der Waals surface area contributed by atoms with Crippen LogP contribution in [0.3, 0.4) is 0 Å². The van der Waals surface area contributed by atoms with Gasteiger partial charge in [-0.2, -0.15) is 13.2 Å². The average molecular weight is 218 g/mol. The Labute approximate surface area is 73.8 Å². The second kappa shape index (κ2) is 3.65. The van der Waals surface area contributed by atoms with Gasteiger partial charge in [-0.15, -0.1) is 0 Å². The van der Waals surface area contributed by atoms with E-state index in [1.54, 1.807) is 0 Å². The molecule has 0 aromatic carbocycles. The number of hydrogen-bond donors (Lipinski definition) is 0. The zero-order valence-corrected chi connectivity index (χ0v) is 7.87. The Morgan fingerprint density at radius 1 is 1.38 bits per heavy atom. The van der Waals surface area contributed by atoms with E-state index in [1.165, 1.54) is 6.92 Å². The molecule has 0 N–H and O–H groups in total. The summed E-state index contributed by atoms with van der Waals surface area (Å²) in [6.45, 7) is 2.05. The zero-order valence-electron chi connectivity index (χ0n) is 7.05. The number of carbonyl (C=O) groups excluding carboxylic acids is 1. The SMILES string of the molecule is CCC(=O)C(C)S(=O)(=O)C(F)(F)F. The Bertz CT molecular complexity index is 291. The van der Waals surface area contributed by atoms with E-state index in [2.05, 4.69) is 0 Å². The molecule has 0 aliphatic rings. The maximum atomic E-state index is 11.8. The summed E-state index contributed by atoms with van der Waals surface area (Å²) in [7, 11) is -5.34. The minimum absolute atomic E-state index is 0.226. The highest BCUT2D eigenvalue weighted by Gasteiger charge is 2.50. The highest BCUT2D eigenvalue weighted by molar-refractivity contribution is 7.93. The predicted molar refractivity (Wildman–Crippen MR) is 39.7 cm³/mol. The van der Waals surface area contributed by atoms with Crippen LogP contribution in [0.2, 0.25) is 0 Å². The Morgan fingerprint density at radius 3 is 2.00 bits per heavy atom. The molecule has 0 aliphatic carbocycles. The Kier molecular flexibility index (Phi) is 3.48.